The van der Waals surface area contributed by atoms with Crippen molar-refractivity contribution in [2.45, 2.75) is 38.0 Å². The number of halogens is 1. The van der Waals surface area contributed by atoms with Crippen molar-refractivity contribution in [3.05, 3.63) is 33.2 Å². The van der Waals surface area contributed by atoms with Gasteiger partial charge in [-0.2, -0.15) is 11.8 Å². The molecule has 2 atom stereocenters. The highest BCUT2D eigenvalue weighted by Gasteiger charge is 2.30. The zero-order valence-electron chi connectivity index (χ0n) is 12.9. The van der Waals surface area contributed by atoms with Crippen molar-refractivity contribution >= 4 is 33.6 Å². The van der Waals surface area contributed by atoms with E-state index in [9.17, 15) is 9.59 Å². The minimum absolute atomic E-state index is 0.00759. The molecule has 5 nitrogen and oxygen atoms in total. The van der Waals surface area contributed by atoms with Crippen LogP contribution in [0.3, 0.4) is 0 Å². The van der Waals surface area contributed by atoms with E-state index in [1.54, 1.807) is 12.3 Å². The Hall–Kier alpha value is -0.790. The number of nitrogens with zero attached hydrogens (tertiary/aromatic N) is 2. The predicted octanol–water partition coefficient (Wildman–Crippen LogP) is 2.12. The van der Waals surface area contributed by atoms with Gasteiger partial charge in [0, 0.05) is 41.7 Å². The van der Waals surface area contributed by atoms with Gasteiger partial charge in [-0.15, -0.1) is 0 Å². The van der Waals surface area contributed by atoms with Crippen molar-refractivity contribution in [2.24, 2.45) is 0 Å². The number of rotatable bonds is 5. The van der Waals surface area contributed by atoms with E-state index in [4.69, 9.17) is 4.74 Å². The van der Waals surface area contributed by atoms with Crippen LogP contribution < -0.4 is 5.56 Å². The van der Waals surface area contributed by atoms with E-state index in [1.165, 1.54) is 10.6 Å². The van der Waals surface area contributed by atoms with Crippen molar-refractivity contribution < 1.29 is 9.53 Å². The summed E-state index contributed by atoms with van der Waals surface area (Å²) < 4.78 is 7.98. The van der Waals surface area contributed by atoms with E-state index >= 15 is 0 Å². The van der Waals surface area contributed by atoms with Gasteiger partial charge in [-0.1, -0.05) is 0 Å². The lowest BCUT2D eigenvalue weighted by atomic mass is 10.1. The first-order valence-electron chi connectivity index (χ1n) is 7.98. The van der Waals surface area contributed by atoms with Gasteiger partial charge in [0.25, 0.3) is 5.56 Å². The predicted molar refractivity (Wildman–Crippen MR) is 94.8 cm³/mol. The highest BCUT2D eigenvalue weighted by molar-refractivity contribution is 9.10. The molecule has 0 bridgehead atoms. The summed E-state index contributed by atoms with van der Waals surface area (Å²) in [7, 11) is 0. The molecule has 0 N–H and O–H groups in total. The fourth-order valence-corrected chi connectivity index (χ4v) is 4.70. The molecule has 0 saturated carbocycles. The fraction of sp³-hybridized carbons (Fsp3) is 0.625. The third kappa shape index (κ3) is 4.39. The average Bonchev–Trinajstić information content (AvgIpc) is 3.21. The topological polar surface area (TPSA) is 51.5 Å². The van der Waals surface area contributed by atoms with Crippen LogP contribution in [0.1, 0.15) is 19.3 Å². The molecule has 2 aliphatic heterocycles. The van der Waals surface area contributed by atoms with E-state index in [0.717, 1.165) is 41.8 Å². The van der Waals surface area contributed by atoms with Crippen molar-refractivity contribution in [2.75, 3.05) is 24.7 Å². The normalized spacial score (nSPS) is 24.0. The first-order chi connectivity index (χ1) is 11.1. The Labute approximate surface area is 148 Å². The molecular formula is C16H21BrN2O3S. The van der Waals surface area contributed by atoms with Crippen LogP contribution in [0.15, 0.2) is 27.6 Å². The molecule has 1 amide bonds. The third-order valence-electron chi connectivity index (χ3n) is 4.34. The molecule has 0 radical (unpaired) electrons. The number of hydrogen-bond donors (Lipinski definition) is 0. The molecule has 2 fully saturated rings. The van der Waals surface area contributed by atoms with Crippen LogP contribution in [0.2, 0.25) is 0 Å². The average molecular weight is 401 g/mol. The van der Waals surface area contributed by atoms with Gasteiger partial charge in [-0.25, -0.2) is 0 Å². The number of hydrogen-bond acceptors (Lipinski definition) is 4. The molecule has 23 heavy (non-hydrogen) atoms. The molecule has 0 aliphatic carbocycles. The Morgan fingerprint density at radius 1 is 1.43 bits per heavy atom. The Morgan fingerprint density at radius 3 is 3.00 bits per heavy atom. The Balaban J connectivity index is 1.73. The van der Waals surface area contributed by atoms with Crippen LogP contribution in [0, 0.1) is 0 Å². The summed E-state index contributed by atoms with van der Waals surface area (Å²) in [4.78, 5) is 26.7. The molecular weight excluding hydrogens is 380 g/mol. The number of amides is 1. The molecule has 1 aromatic heterocycles. The molecule has 1 aromatic rings. The zero-order valence-corrected chi connectivity index (χ0v) is 15.4. The van der Waals surface area contributed by atoms with Gasteiger partial charge in [0.2, 0.25) is 5.91 Å². The molecule has 3 heterocycles. The molecule has 126 valence electrons. The standard InChI is InChI=1S/C16H21BrN2O3S/c17-12-3-4-15(20)18(8-12)10-16(21)19(13-5-7-23-11-13)9-14-2-1-6-22-14/h3-4,8,13-14H,1-2,5-7,9-11H2. The van der Waals surface area contributed by atoms with E-state index in [0.29, 0.717) is 6.54 Å². The minimum atomic E-state index is -0.153. The lowest BCUT2D eigenvalue weighted by Gasteiger charge is -2.31. The maximum Gasteiger partial charge on any atom is 0.251 e. The van der Waals surface area contributed by atoms with E-state index in [1.807, 2.05) is 16.7 Å². The van der Waals surface area contributed by atoms with Crippen LogP contribution >= 0.6 is 27.7 Å². The maximum absolute atomic E-state index is 12.8. The van der Waals surface area contributed by atoms with E-state index < -0.39 is 0 Å². The highest BCUT2D eigenvalue weighted by Crippen LogP contribution is 2.24. The first-order valence-corrected chi connectivity index (χ1v) is 9.93. The van der Waals surface area contributed by atoms with Crippen LogP contribution in [0.5, 0.6) is 0 Å². The van der Waals surface area contributed by atoms with Crippen molar-refractivity contribution in [1.82, 2.24) is 9.47 Å². The number of aromatic nitrogens is 1. The molecule has 7 heteroatoms. The quantitative estimate of drug-likeness (QED) is 0.759. The zero-order chi connectivity index (χ0) is 16.2. The summed E-state index contributed by atoms with van der Waals surface area (Å²) >= 11 is 5.24. The maximum atomic E-state index is 12.8. The SMILES string of the molecule is O=C(Cn1cc(Br)ccc1=O)N(CC1CCCO1)C1CCSC1. The number of ether oxygens (including phenoxy) is 1. The summed E-state index contributed by atoms with van der Waals surface area (Å²) in [6.45, 7) is 1.52. The van der Waals surface area contributed by atoms with Crippen LogP contribution in [0.25, 0.3) is 0 Å². The van der Waals surface area contributed by atoms with E-state index in [2.05, 4.69) is 15.9 Å². The van der Waals surface area contributed by atoms with Gasteiger partial charge in [-0.3, -0.25) is 9.59 Å². The summed E-state index contributed by atoms with van der Waals surface area (Å²) in [5.41, 5.74) is -0.153. The summed E-state index contributed by atoms with van der Waals surface area (Å²) in [5, 5.41) is 0. The molecule has 2 saturated heterocycles. The highest BCUT2D eigenvalue weighted by atomic mass is 79.9. The number of carbonyl (C=O) groups is 1. The summed E-state index contributed by atoms with van der Waals surface area (Å²) in [6.07, 6.45) is 4.92. The molecule has 2 unspecified atom stereocenters. The lowest BCUT2D eigenvalue weighted by molar-refractivity contribution is -0.135. The fourth-order valence-electron chi connectivity index (χ4n) is 3.09. The number of thioether (sulfide) groups is 1. The summed E-state index contributed by atoms with van der Waals surface area (Å²) in [6, 6.07) is 3.44. The molecule has 3 rings (SSSR count). The molecule has 0 spiro atoms. The van der Waals surface area contributed by atoms with Gasteiger partial charge >= 0.3 is 0 Å². The van der Waals surface area contributed by atoms with Crippen LogP contribution in [0.4, 0.5) is 0 Å². The lowest BCUT2D eigenvalue weighted by Crippen LogP contribution is -2.46. The number of carbonyl (C=O) groups excluding carboxylic acids is 1. The Morgan fingerprint density at radius 2 is 2.30 bits per heavy atom. The van der Waals surface area contributed by atoms with Crippen LogP contribution in [-0.2, 0) is 16.1 Å². The van der Waals surface area contributed by atoms with E-state index in [-0.39, 0.29) is 30.2 Å². The second kappa shape index (κ2) is 7.85. The monoisotopic (exact) mass is 400 g/mol. The second-order valence-corrected chi connectivity index (χ2v) is 8.08. The third-order valence-corrected chi connectivity index (χ3v) is 5.96. The van der Waals surface area contributed by atoms with Crippen molar-refractivity contribution in [3.63, 3.8) is 0 Å². The van der Waals surface area contributed by atoms with Gasteiger partial charge in [0.15, 0.2) is 0 Å². The molecule has 2 aliphatic rings. The Bertz CT molecular complexity index is 610. The second-order valence-electron chi connectivity index (χ2n) is 6.01. The Kier molecular flexibility index (Phi) is 5.82. The first kappa shape index (κ1) is 17.0. The largest absolute Gasteiger partial charge is 0.376 e. The van der Waals surface area contributed by atoms with Gasteiger partial charge in [0.1, 0.15) is 6.54 Å². The number of pyridine rings is 1. The van der Waals surface area contributed by atoms with Crippen molar-refractivity contribution in [3.8, 4) is 0 Å². The van der Waals surface area contributed by atoms with Gasteiger partial charge < -0.3 is 14.2 Å². The molecule has 0 aromatic carbocycles. The van der Waals surface area contributed by atoms with Crippen LogP contribution in [-0.4, -0.2) is 52.2 Å². The minimum Gasteiger partial charge on any atom is -0.376 e. The smallest absolute Gasteiger partial charge is 0.251 e. The summed E-state index contributed by atoms with van der Waals surface area (Å²) in [5.74, 6) is 2.08. The van der Waals surface area contributed by atoms with Crippen molar-refractivity contribution in [1.29, 1.82) is 0 Å². The van der Waals surface area contributed by atoms with Gasteiger partial charge in [0.05, 0.1) is 6.10 Å². The van der Waals surface area contributed by atoms with Gasteiger partial charge in [-0.05, 0) is 47.0 Å².